The molecule has 0 aromatic rings. The molecule has 0 heterocycles. The summed E-state index contributed by atoms with van der Waals surface area (Å²) >= 11 is 0. The highest BCUT2D eigenvalue weighted by Gasteiger charge is 2.95. The van der Waals surface area contributed by atoms with Gasteiger partial charge in [0.15, 0.2) is 0 Å². The van der Waals surface area contributed by atoms with Crippen LogP contribution in [0.3, 0.4) is 0 Å². The molecule has 0 bridgehead atoms. The normalized spacial score (nSPS) is 14.5. The number of hydrogen-bond donors (Lipinski definition) is 0. The Morgan fingerprint density at radius 1 is 0.559 bits per heavy atom. The maximum Gasteiger partial charge on any atom is 0.786 e. The molecule has 0 aliphatic rings. The van der Waals surface area contributed by atoms with Gasteiger partial charge in [0.05, 0.1) is 0 Å². The van der Waals surface area contributed by atoms with Gasteiger partial charge in [-0.15, -0.1) is 0 Å². The van der Waals surface area contributed by atoms with Crippen LogP contribution in [-0.2, 0) is 27.7 Å². The van der Waals surface area contributed by atoms with Gasteiger partial charge in [-0.3, -0.25) is 14.4 Å². The second-order valence-electron chi connectivity index (χ2n) is 6.45. The Hall–Kier alpha value is -2.28. The van der Waals surface area contributed by atoms with Crippen LogP contribution in [0.1, 0.15) is 33.6 Å². The summed E-state index contributed by atoms with van der Waals surface area (Å²) in [5.74, 6) is -36.5. The Bertz CT molecular complexity index is 755. The van der Waals surface area contributed by atoms with E-state index in [0.29, 0.717) is 0 Å². The Morgan fingerprint density at radius 2 is 0.882 bits per heavy atom. The van der Waals surface area contributed by atoms with Gasteiger partial charge in [-0.25, -0.2) is 0 Å². The molecule has 20 heteroatoms. The van der Waals surface area contributed by atoms with Crippen LogP contribution in [0.2, 0.25) is 0 Å². The predicted molar refractivity (Wildman–Crippen MR) is 81.1 cm³/mol. The van der Waals surface area contributed by atoms with Crippen LogP contribution in [0.4, 0.5) is 57.1 Å². The molecule has 0 amide bonds. The maximum atomic E-state index is 14.6. The molecule has 0 atom stereocenters. The van der Waals surface area contributed by atoms with Crippen LogP contribution >= 0.6 is 0 Å². The summed E-state index contributed by atoms with van der Waals surface area (Å²) in [6.45, 7) is 0.295. The van der Waals surface area contributed by atoms with Crippen LogP contribution in [0.5, 0.6) is 0 Å². The predicted octanol–water partition coefficient (Wildman–Crippen LogP) is 4.67. The Balaban J connectivity index is 6.90. The van der Waals surface area contributed by atoms with Crippen LogP contribution < -0.4 is 0 Å². The van der Waals surface area contributed by atoms with E-state index in [1.54, 1.807) is 0 Å². The SMILES string of the molecule is CC(=O)O[Si](OC(C)=O)(OC(C)=O)C(F)(F)C(F)(F)C(F)(F)C(F)(F)C(F)(F)CCC(F)(F)F. The number of rotatable bonds is 10. The summed E-state index contributed by atoms with van der Waals surface area (Å²) in [6, 6.07) is 0. The first-order chi connectivity index (χ1) is 14.7. The van der Waals surface area contributed by atoms with Crippen molar-refractivity contribution in [1.82, 2.24) is 0 Å². The molecule has 0 radical (unpaired) electrons. The van der Waals surface area contributed by atoms with E-state index < -0.39 is 75.0 Å². The number of carbonyl (C=O) groups excluding carboxylic acids is 3. The summed E-state index contributed by atoms with van der Waals surface area (Å²) in [4.78, 5) is 33.2. The monoisotopic (exact) mass is 552 g/mol. The topological polar surface area (TPSA) is 78.9 Å². The van der Waals surface area contributed by atoms with Gasteiger partial charge in [-0.1, -0.05) is 0 Å². The molecule has 34 heavy (non-hydrogen) atoms. The summed E-state index contributed by atoms with van der Waals surface area (Å²) < 4.78 is 187. The minimum absolute atomic E-state index is 0.0982. The average Bonchev–Trinajstić information content (AvgIpc) is 2.56. The summed E-state index contributed by atoms with van der Waals surface area (Å²) in [7, 11) is -7.51. The molecular weight excluding hydrogens is 539 g/mol. The zero-order valence-corrected chi connectivity index (χ0v) is 17.8. The summed E-state index contributed by atoms with van der Waals surface area (Å²) in [5, 5.41) is 0. The van der Waals surface area contributed by atoms with Crippen molar-refractivity contribution in [3.8, 4) is 0 Å². The zero-order chi connectivity index (χ0) is 27.8. The van der Waals surface area contributed by atoms with Crippen molar-refractivity contribution in [3.05, 3.63) is 0 Å². The molecule has 0 fully saturated rings. The molecule has 0 unspecified atom stereocenters. The van der Waals surface area contributed by atoms with Gasteiger partial charge in [0, 0.05) is 33.6 Å². The third kappa shape index (κ3) is 5.85. The third-order valence-electron chi connectivity index (χ3n) is 3.58. The number of carbonyl (C=O) groups is 3. The lowest BCUT2D eigenvalue weighted by Crippen LogP contribution is -2.76. The van der Waals surface area contributed by atoms with Crippen molar-refractivity contribution in [2.24, 2.45) is 0 Å². The van der Waals surface area contributed by atoms with Gasteiger partial charge < -0.3 is 13.3 Å². The van der Waals surface area contributed by atoms with Crippen molar-refractivity contribution >= 4 is 26.7 Å². The van der Waals surface area contributed by atoms with E-state index in [1.807, 2.05) is 0 Å². The van der Waals surface area contributed by atoms with Gasteiger partial charge in [0.2, 0.25) is 0 Å². The Kier molecular flexibility index (Phi) is 8.77. The highest BCUT2D eigenvalue weighted by atomic mass is 28.4. The van der Waals surface area contributed by atoms with Gasteiger partial charge in [0.1, 0.15) is 0 Å². The van der Waals surface area contributed by atoms with Crippen molar-refractivity contribution in [2.75, 3.05) is 0 Å². The molecule has 0 aromatic carbocycles. The lowest BCUT2D eigenvalue weighted by atomic mass is 9.95. The van der Waals surface area contributed by atoms with Crippen LogP contribution in [0.25, 0.3) is 0 Å². The number of alkyl halides is 13. The molecule has 6 nitrogen and oxygen atoms in total. The second kappa shape index (κ2) is 9.40. The van der Waals surface area contributed by atoms with Crippen LogP contribution in [-0.4, -0.2) is 62.1 Å². The van der Waals surface area contributed by atoms with E-state index in [9.17, 15) is 71.5 Å². The molecule has 0 aliphatic carbocycles. The first-order valence-corrected chi connectivity index (χ1v) is 9.98. The molecule has 0 saturated carbocycles. The highest BCUT2D eigenvalue weighted by Crippen LogP contribution is 2.60. The van der Waals surface area contributed by atoms with Gasteiger partial charge in [0.25, 0.3) is 17.9 Å². The van der Waals surface area contributed by atoms with Crippen molar-refractivity contribution < 1.29 is 84.7 Å². The third-order valence-corrected chi connectivity index (χ3v) is 6.34. The first kappa shape index (κ1) is 31.7. The largest absolute Gasteiger partial charge is 0.786 e. The van der Waals surface area contributed by atoms with Crippen LogP contribution in [0.15, 0.2) is 0 Å². The Labute approximate surface area is 181 Å². The van der Waals surface area contributed by atoms with Crippen molar-refractivity contribution in [2.45, 2.75) is 69.0 Å². The number of hydrogen-bond acceptors (Lipinski definition) is 6. The lowest BCUT2D eigenvalue weighted by molar-refractivity contribution is -0.396. The van der Waals surface area contributed by atoms with Crippen molar-refractivity contribution in [1.29, 1.82) is 0 Å². The van der Waals surface area contributed by atoms with Gasteiger partial charge in [-0.2, -0.15) is 57.1 Å². The fourth-order valence-corrected chi connectivity index (χ4v) is 4.28. The van der Waals surface area contributed by atoms with E-state index in [2.05, 4.69) is 13.3 Å². The minimum Gasteiger partial charge on any atom is -0.452 e. The second-order valence-corrected chi connectivity index (χ2v) is 8.81. The van der Waals surface area contributed by atoms with Crippen LogP contribution in [0, 0.1) is 0 Å². The van der Waals surface area contributed by atoms with E-state index in [4.69, 9.17) is 0 Å². The van der Waals surface area contributed by atoms with E-state index in [1.165, 1.54) is 0 Å². The molecular formula is C14H13F13O6Si. The van der Waals surface area contributed by atoms with E-state index >= 15 is 0 Å². The van der Waals surface area contributed by atoms with E-state index in [0.717, 1.165) is 0 Å². The smallest absolute Gasteiger partial charge is 0.452 e. The highest BCUT2D eigenvalue weighted by molar-refractivity contribution is 6.68. The minimum atomic E-state index is -7.92. The molecule has 0 spiro atoms. The number of halogens is 13. The summed E-state index contributed by atoms with van der Waals surface area (Å²) in [5.41, 5.74) is -7.12. The first-order valence-electron chi connectivity index (χ1n) is 8.25. The molecule has 0 rings (SSSR count). The molecule has 0 saturated heterocycles. The van der Waals surface area contributed by atoms with Gasteiger partial charge in [-0.05, 0) is 0 Å². The quantitative estimate of drug-likeness (QED) is 0.290. The molecule has 0 aliphatic heterocycles. The fraction of sp³-hybridized carbons (Fsp3) is 0.786. The maximum absolute atomic E-state index is 14.6. The zero-order valence-electron chi connectivity index (χ0n) is 16.8. The van der Waals surface area contributed by atoms with E-state index in [-0.39, 0.29) is 20.8 Å². The molecule has 0 N–H and O–H groups in total. The average molecular weight is 552 g/mol. The standard InChI is InChI=1S/C14H13F13O6Si/c1-6(28)31-34(32-7(2)29,33-8(3)30)14(26,27)13(24,25)12(22,23)11(20,21)9(15,16)4-5-10(17,18)19/h4-5H2,1-3H3. The Morgan fingerprint density at radius 3 is 1.15 bits per heavy atom. The molecule has 0 aromatic heterocycles. The van der Waals surface area contributed by atoms with Crippen molar-refractivity contribution in [3.63, 3.8) is 0 Å². The fourth-order valence-electron chi connectivity index (χ4n) is 2.09. The lowest BCUT2D eigenvalue weighted by Gasteiger charge is -2.42. The molecule has 200 valence electrons. The van der Waals surface area contributed by atoms with Gasteiger partial charge >= 0.3 is 44.2 Å². The summed E-state index contributed by atoms with van der Waals surface area (Å²) in [6.07, 6.45) is -11.8.